The zero-order chi connectivity index (χ0) is 12.0. The maximum atomic E-state index is 10.7. The van der Waals surface area contributed by atoms with Crippen molar-refractivity contribution in [2.45, 2.75) is 18.3 Å². The van der Waals surface area contributed by atoms with Crippen molar-refractivity contribution >= 4 is 17.7 Å². The van der Waals surface area contributed by atoms with Crippen LogP contribution in [0.1, 0.15) is 5.82 Å². The van der Waals surface area contributed by atoms with E-state index >= 15 is 0 Å². The fourth-order valence-electron chi connectivity index (χ4n) is 1.11. The summed E-state index contributed by atoms with van der Waals surface area (Å²) in [5.41, 5.74) is 5.07. The van der Waals surface area contributed by atoms with Gasteiger partial charge >= 0.3 is 0 Å². The summed E-state index contributed by atoms with van der Waals surface area (Å²) in [4.78, 5) is 10.7. The number of primary amides is 1. The van der Waals surface area contributed by atoms with Crippen LogP contribution in [-0.2, 0) is 22.7 Å². The maximum absolute atomic E-state index is 10.7. The van der Waals surface area contributed by atoms with E-state index in [1.807, 2.05) is 4.57 Å². The molecule has 0 aliphatic carbocycles. The van der Waals surface area contributed by atoms with Gasteiger partial charge in [-0.05, 0) is 0 Å². The van der Waals surface area contributed by atoms with Crippen LogP contribution in [0.2, 0.25) is 0 Å². The van der Waals surface area contributed by atoms with E-state index in [0.29, 0.717) is 24.1 Å². The highest BCUT2D eigenvalue weighted by Crippen LogP contribution is 2.16. The van der Waals surface area contributed by atoms with Gasteiger partial charge in [-0.15, -0.1) is 16.8 Å². The van der Waals surface area contributed by atoms with Crippen LogP contribution in [0.4, 0.5) is 0 Å². The first-order chi connectivity index (χ1) is 7.69. The second-order valence-corrected chi connectivity index (χ2v) is 3.93. The number of amides is 1. The van der Waals surface area contributed by atoms with Gasteiger partial charge in [-0.3, -0.25) is 4.79 Å². The summed E-state index contributed by atoms with van der Waals surface area (Å²) in [5.74, 6) is 0.503. The van der Waals surface area contributed by atoms with E-state index in [1.165, 1.54) is 11.8 Å². The van der Waals surface area contributed by atoms with Crippen LogP contribution in [0, 0.1) is 0 Å². The van der Waals surface area contributed by atoms with Gasteiger partial charge in [0.25, 0.3) is 0 Å². The van der Waals surface area contributed by atoms with E-state index in [-0.39, 0.29) is 11.7 Å². The van der Waals surface area contributed by atoms with Crippen LogP contribution in [0.3, 0.4) is 0 Å². The Morgan fingerprint density at radius 2 is 2.44 bits per heavy atom. The molecule has 0 radical (unpaired) electrons. The average Bonchev–Trinajstić information content (AvgIpc) is 2.60. The molecule has 1 heterocycles. The second kappa shape index (κ2) is 6.29. The standard InChI is InChI=1S/C9H14N4O2S/c1-3-4-13-8(5-15-2)11-12-9(13)16-6-7(10)14/h3H,1,4-6H2,2H3,(H2,10,14). The van der Waals surface area contributed by atoms with Crippen molar-refractivity contribution in [2.75, 3.05) is 12.9 Å². The molecule has 0 fully saturated rings. The number of methoxy groups -OCH3 is 1. The van der Waals surface area contributed by atoms with Crippen molar-refractivity contribution in [1.82, 2.24) is 14.8 Å². The molecule has 0 aliphatic heterocycles. The molecule has 0 atom stereocenters. The number of aromatic nitrogens is 3. The van der Waals surface area contributed by atoms with Crippen molar-refractivity contribution in [3.8, 4) is 0 Å². The second-order valence-electron chi connectivity index (χ2n) is 2.99. The molecular formula is C9H14N4O2S. The highest BCUT2D eigenvalue weighted by Gasteiger charge is 2.11. The number of thioether (sulfide) groups is 1. The van der Waals surface area contributed by atoms with E-state index in [9.17, 15) is 4.79 Å². The molecule has 0 aromatic carbocycles. The van der Waals surface area contributed by atoms with Crippen LogP contribution in [0.5, 0.6) is 0 Å². The average molecular weight is 242 g/mol. The lowest BCUT2D eigenvalue weighted by Crippen LogP contribution is -2.14. The fraction of sp³-hybridized carbons (Fsp3) is 0.444. The van der Waals surface area contributed by atoms with Crippen molar-refractivity contribution in [2.24, 2.45) is 5.73 Å². The van der Waals surface area contributed by atoms with Gasteiger partial charge in [0.2, 0.25) is 5.91 Å². The number of carbonyl (C=O) groups is 1. The molecule has 6 nitrogen and oxygen atoms in total. The normalized spacial score (nSPS) is 10.3. The van der Waals surface area contributed by atoms with Gasteiger partial charge in [-0.25, -0.2) is 0 Å². The molecule has 0 spiro atoms. The van der Waals surface area contributed by atoms with E-state index in [2.05, 4.69) is 16.8 Å². The van der Waals surface area contributed by atoms with Crippen molar-refractivity contribution in [1.29, 1.82) is 0 Å². The molecule has 0 unspecified atom stereocenters. The number of carbonyl (C=O) groups excluding carboxylic acids is 1. The Bertz CT molecular complexity index is 378. The van der Waals surface area contributed by atoms with Crippen LogP contribution >= 0.6 is 11.8 Å². The topological polar surface area (TPSA) is 83.0 Å². The Kier molecular flexibility index (Phi) is 5.00. The van der Waals surface area contributed by atoms with Gasteiger partial charge in [-0.2, -0.15) is 0 Å². The highest BCUT2D eigenvalue weighted by atomic mass is 32.2. The number of allylic oxidation sites excluding steroid dienone is 1. The Hall–Kier alpha value is -1.34. The summed E-state index contributed by atoms with van der Waals surface area (Å²) >= 11 is 1.25. The molecule has 7 heteroatoms. The summed E-state index contributed by atoms with van der Waals surface area (Å²) in [6.45, 7) is 4.60. The lowest BCUT2D eigenvalue weighted by atomic mass is 10.5. The van der Waals surface area contributed by atoms with E-state index in [1.54, 1.807) is 13.2 Å². The lowest BCUT2D eigenvalue weighted by molar-refractivity contribution is -0.115. The summed E-state index contributed by atoms with van der Waals surface area (Å²) in [5, 5.41) is 8.58. The van der Waals surface area contributed by atoms with Gasteiger partial charge < -0.3 is 15.0 Å². The van der Waals surface area contributed by atoms with Crippen LogP contribution in [-0.4, -0.2) is 33.5 Å². The molecular weight excluding hydrogens is 228 g/mol. The fourth-order valence-corrected chi connectivity index (χ4v) is 1.82. The van der Waals surface area contributed by atoms with Crippen LogP contribution in [0.25, 0.3) is 0 Å². The predicted molar refractivity (Wildman–Crippen MR) is 60.9 cm³/mol. The molecule has 1 amide bonds. The predicted octanol–water partition coefficient (Wildman–Crippen LogP) is 0.188. The first kappa shape index (κ1) is 12.7. The van der Waals surface area contributed by atoms with Crippen LogP contribution in [0.15, 0.2) is 17.8 Å². The van der Waals surface area contributed by atoms with Crippen molar-refractivity contribution in [3.63, 3.8) is 0 Å². The van der Waals surface area contributed by atoms with Gasteiger partial charge in [-0.1, -0.05) is 17.8 Å². The monoisotopic (exact) mass is 242 g/mol. The van der Waals surface area contributed by atoms with Crippen molar-refractivity contribution in [3.05, 3.63) is 18.5 Å². The number of nitrogens with zero attached hydrogens (tertiary/aromatic N) is 3. The minimum Gasteiger partial charge on any atom is -0.377 e. The number of hydrogen-bond acceptors (Lipinski definition) is 5. The summed E-state index contributed by atoms with van der Waals surface area (Å²) in [7, 11) is 1.59. The minimum absolute atomic E-state index is 0.183. The van der Waals surface area contributed by atoms with Gasteiger partial charge in [0.05, 0.1) is 5.75 Å². The van der Waals surface area contributed by atoms with E-state index in [4.69, 9.17) is 10.5 Å². The number of ether oxygens (including phenoxy) is 1. The summed E-state index contributed by atoms with van der Waals surface area (Å²) < 4.78 is 6.83. The third kappa shape index (κ3) is 3.35. The molecule has 1 aromatic rings. The van der Waals surface area contributed by atoms with Gasteiger partial charge in [0, 0.05) is 13.7 Å². The van der Waals surface area contributed by atoms with Crippen LogP contribution < -0.4 is 5.73 Å². The lowest BCUT2D eigenvalue weighted by Gasteiger charge is -2.05. The largest absolute Gasteiger partial charge is 0.377 e. The first-order valence-electron chi connectivity index (χ1n) is 4.62. The Balaban J connectivity index is 2.81. The Labute approximate surface area is 97.9 Å². The molecule has 88 valence electrons. The molecule has 0 saturated heterocycles. The minimum atomic E-state index is -0.383. The first-order valence-corrected chi connectivity index (χ1v) is 5.60. The number of nitrogens with two attached hydrogens (primary N) is 1. The van der Waals surface area contributed by atoms with E-state index < -0.39 is 0 Å². The zero-order valence-corrected chi connectivity index (χ0v) is 9.87. The third-order valence-electron chi connectivity index (χ3n) is 1.72. The van der Waals surface area contributed by atoms with E-state index in [0.717, 1.165) is 0 Å². The summed E-state index contributed by atoms with van der Waals surface area (Å²) in [6.07, 6.45) is 1.73. The number of rotatable bonds is 7. The maximum Gasteiger partial charge on any atom is 0.227 e. The van der Waals surface area contributed by atoms with Crippen molar-refractivity contribution < 1.29 is 9.53 Å². The molecule has 1 aromatic heterocycles. The Morgan fingerprint density at radius 3 is 3.00 bits per heavy atom. The number of hydrogen-bond donors (Lipinski definition) is 1. The third-order valence-corrected chi connectivity index (χ3v) is 2.71. The molecule has 0 bridgehead atoms. The molecule has 2 N–H and O–H groups in total. The quantitative estimate of drug-likeness (QED) is 0.545. The smallest absolute Gasteiger partial charge is 0.227 e. The van der Waals surface area contributed by atoms with Gasteiger partial charge in [0.15, 0.2) is 11.0 Å². The molecule has 0 aliphatic rings. The SMILES string of the molecule is C=CCn1c(COC)nnc1SCC(N)=O. The summed E-state index contributed by atoms with van der Waals surface area (Å²) in [6, 6.07) is 0. The highest BCUT2D eigenvalue weighted by molar-refractivity contribution is 7.99. The molecule has 16 heavy (non-hydrogen) atoms. The Morgan fingerprint density at radius 1 is 1.69 bits per heavy atom. The van der Waals surface area contributed by atoms with Gasteiger partial charge in [0.1, 0.15) is 6.61 Å². The molecule has 0 saturated carbocycles. The molecule has 1 rings (SSSR count). The zero-order valence-electron chi connectivity index (χ0n) is 9.05.